The van der Waals surface area contributed by atoms with Crippen LogP contribution in [0.15, 0.2) is 69.5 Å². The zero-order chi connectivity index (χ0) is 29.7. The number of carbonyl (C=O) groups is 3. The van der Waals surface area contributed by atoms with Gasteiger partial charge >= 0.3 is 5.97 Å². The van der Waals surface area contributed by atoms with Crippen LogP contribution in [-0.4, -0.2) is 34.1 Å². The molecule has 0 aromatic heterocycles. The van der Waals surface area contributed by atoms with Crippen LogP contribution < -0.4 is 4.74 Å². The lowest BCUT2D eigenvalue weighted by molar-refractivity contribution is -0.137. The molecule has 2 aromatic rings. The number of hydrogen-bond acceptors (Lipinski definition) is 5. The molecule has 1 N–H and O–H groups in total. The Morgan fingerprint density at radius 2 is 1.59 bits per heavy atom. The van der Waals surface area contributed by atoms with Gasteiger partial charge in [-0.05, 0) is 75.0 Å². The van der Waals surface area contributed by atoms with E-state index in [1.165, 1.54) is 0 Å². The van der Waals surface area contributed by atoms with Crippen molar-refractivity contribution in [2.24, 2.45) is 10.8 Å². The maximum absolute atomic E-state index is 13.9. The van der Waals surface area contributed by atoms with Crippen molar-refractivity contribution < 1.29 is 24.2 Å². The molecule has 0 spiro atoms. The van der Waals surface area contributed by atoms with Gasteiger partial charge in [0.05, 0.1) is 10.9 Å². The van der Waals surface area contributed by atoms with Crippen LogP contribution in [0.4, 0.5) is 0 Å². The average Bonchev–Trinajstić information content (AvgIpc) is 2.85. The fraction of sp³-hybridized carbons (Fsp3) is 0.424. The highest BCUT2D eigenvalue weighted by atomic mass is 79.9. The molecule has 1 aliphatic heterocycles. The molecule has 0 amide bonds. The van der Waals surface area contributed by atoms with Crippen molar-refractivity contribution in [1.82, 2.24) is 4.90 Å². The Hall–Kier alpha value is -2.90. The number of halogens is 2. The fourth-order valence-electron chi connectivity index (χ4n) is 6.46. The van der Waals surface area contributed by atoms with Gasteiger partial charge in [-0.25, -0.2) is 0 Å². The number of rotatable bonds is 7. The monoisotopic (exact) mass is 639 g/mol. The van der Waals surface area contributed by atoms with E-state index in [2.05, 4.69) is 43.6 Å². The quantitative estimate of drug-likeness (QED) is 0.332. The number of carboxylic acids is 1. The van der Waals surface area contributed by atoms with Gasteiger partial charge in [-0.1, -0.05) is 57.5 Å². The minimum atomic E-state index is -0.906. The van der Waals surface area contributed by atoms with E-state index in [1.54, 1.807) is 0 Å². The third-order valence-electron chi connectivity index (χ3n) is 8.14. The van der Waals surface area contributed by atoms with Crippen LogP contribution in [-0.2, 0) is 21.0 Å². The molecule has 0 fully saturated rings. The predicted molar refractivity (Wildman–Crippen MR) is 162 cm³/mol. The Labute approximate surface area is 254 Å². The minimum Gasteiger partial charge on any atom is -0.488 e. The lowest BCUT2D eigenvalue weighted by Gasteiger charge is -2.49. The Morgan fingerprint density at radius 3 is 2.12 bits per heavy atom. The van der Waals surface area contributed by atoms with Crippen LogP contribution in [0.1, 0.15) is 76.8 Å². The van der Waals surface area contributed by atoms with Crippen molar-refractivity contribution in [1.29, 1.82) is 0 Å². The summed E-state index contributed by atoms with van der Waals surface area (Å²) in [4.78, 5) is 41.4. The molecule has 8 heteroatoms. The van der Waals surface area contributed by atoms with E-state index in [-0.39, 0.29) is 35.4 Å². The van der Waals surface area contributed by atoms with Crippen LogP contribution in [0.5, 0.6) is 5.75 Å². The smallest absolute Gasteiger partial charge is 0.305 e. The molecule has 3 aliphatic rings. The summed E-state index contributed by atoms with van der Waals surface area (Å²) in [6, 6.07) is 13.2. The second kappa shape index (κ2) is 11.1. The van der Waals surface area contributed by atoms with Gasteiger partial charge in [-0.2, -0.15) is 0 Å². The summed E-state index contributed by atoms with van der Waals surface area (Å²) in [5, 5.41) is 10.2. The minimum absolute atomic E-state index is 0.0168. The van der Waals surface area contributed by atoms with Gasteiger partial charge in [0, 0.05) is 52.9 Å². The molecular weight excluding hydrogens is 606 g/mol. The van der Waals surface area contributed by atoms with Crippen LogP contribution in [0, 0.1) is 10.8 Å². The summed E-state index contributed by atoms with van der Waals surface area (Å²) in [7, 11) is 0. The zero-order valence-corrected chi connectivity index (χ0v) is 26.2. The van der Waals surface area contributed by atoms with Crippen molar-refractivity contribution >= 4 is 45.1 Å². The predicted octanol–water partition coefficient (Wildman–Crippen LogP) is 7.84. The number of allylic oxidation sites excluding steroid dienone is 4. The van der Waals surface area contributed by atoms with E-state index in [1.807, 2.05) is 47.4 Å². The van der Waals surface area contributed by atoms with Crippen LogP contribution in [0.25, 0.3) is 0 Å². The molecule has 2 aliphatic carbocycles. The van der Waals surface area contributed by atoms with Crippen LogP contribution >= 0.6 is 27.5 Å². The van der Waals surface area contributed by atoms with Gasteiger partial charge in [0.2, 0.25) is 0 Å². The molecule has 0 atom stereocenters. The van der Waals surface area contributed by atoms with E-state index in [4.69, 9.17) is 16.3 Å². The average molecular weight is 641 g/mol. The number of nitrogens with zero attached hydrogens (tertiary/aromatic N) is 1. The summed E-state index contributed by atoms with van der Waals surface area (Å²) >= 11 is 9.79. The Bertz CT molecular complexity index is 1450. The molecule has 0 saturated carbocycles. The molecule has 0 saturated heterocycles. The van der Waals surface area contributed by atoms with E-state index < -0.39 is 11.9 Å². The standard InChI is InChI=1S/C33H35BrClNO5/c1-32(2)14-23-30(25(37)16-32)29(31-24(36(23)11-10-28(39)40)15-33(3,4)17-26(31)38)20-8-9-27(22(34)13-20)41-18-19-6-5-7-21(35)12-19/h5-9,12-13,29H,10-11,14-18H2,1-4H3,(H,39,40). The summed E-state index contributed by atoms with van der Waals surface area (Å²) in [6.07, 6.45) is 1.94. The van der Waals surface area contributed by atoms with Crippen LogP contribution in [0.2, 0.25) is 5.02 Å². The molecule has 0 bridgehead atoms. The first kappa shape index (κ1) is 29.6. The van der Waals surface area contributed by atoms with Crippen molar-refractivity contribution in [3.8, 4) is 5.75 Å². The third kappa shape index (κ3) is 6.17. The molecule has 5 rings (SSSR count). The first-order chi connectivity index (χ1) is 19.2. The summed E-state index contributed by atoms with van der Waals surface area (Å²) in [5.41, 5.74) is 4.21. The van der Waals surface area contributed by atoms with E-state index in [0.29, 0.717) is 54.2 Å². The van der Waals surface area contributed by atoms with Crippen molar-refractivity contribution in [2.75, 3.05) is 6.54 Å². The Morgan fingerprint density at radius 1 is 0.976 bits per heavy atom. The number of aliphatic carboxylic acids is 1. The van der Waals surface area contributed by atoms with Crippen LogP contribution in [0.3, 0.4) is 0 Å². The van der Waals surface area contributed by atoms with Gasteiger partial charge < -0.3 is 14.7 Å². The van der Waals surface area contributed by atoms with Crippen molar-refractivity contribution in [3.05, 3.63) is 85.6 Å². The molecule has 41 heavy (non-hydrogen) atoms. The SMILES string of the molecule is CC1(C)CC(=O)C2=C(C1)N(CCC(=O)O)C1=C(C(=O)CC(C)(C)C1)C2c1ccc(OCc2cccc(Cl)c2)c(Br)c1. The second-order valence-corrected chi connectivity index (χ2v) is 14.2. The second-order valence-electron chi connectivity index (χ2n) is 12.9. The summed E-state index contributed by atoms with van der Waals surface area (Å²) in [5.74, 6) is -0.738. The normalized spacial score (nSPS) is 20.2. The fourth-order valence-corrected chi connectivity index (χ4v) is 7.18. The number of benzene rings is 2. The first-order valence-electron chi connectivity index (χ1n) is 13.9. The number of ketones is 2. The molecule has 0 radical (unpaired) electrons. The van der Waals surface area contributed by atoms with Gasteiger partial charge in [0.1, 0.15) is 12.4 Å². The largest absolute Gasteiger partial charge is 0.488 e. The Kier molecular flexibility index (Phi) is 7.99. The van der Waals surface area contributed by atoms with E-state index >= 15 is 0 Å². The van der Waals surface area contributed by atoms with Gasteiger partial charge in [-0.15, -0.1) is 0 Å². The first-order valence-corrected chi connectivity index (χ1v) is 15.1. The maximum atomic E-state index is 13.9. The number of Topliss-reactive ketones (excluding diaryl/α,β-unsaturated/α-hetero) is 2. The zero-order valence-electron chi connectivity index (χ0n) is 23.9. The van der Waals surface area contributed by atoms with Gasteiger partial charge in [0.15, 0.2) is 11.6 Å². The number of hydrogen-bond donors (Lipinski definition) is 1. The molecular formula is C33H35BrClNO5. The van der Waals surface area contributed by atoms with Gasteiger partial charge in [-0.3, -0.25) is 14.4 Å². The Balaban J connectivity index is 1.60. The van der Waals surface area contributed by atoms with E-state index in [0.717, 1.165) is 27.0 Å². The number of carbonyl (C=O) groups excluding carboxylic acids is 2. The summed E-state index contributed by atoms with van der Waals surface area (Å²) in [6.45, 7) is 8.85. The number of ether oxygens (including phenoxy) is 1. The highest BCUT2D eigenvalue weighted by molar-refractivity contribution is 9.10. The molecule has 6 nitrogen and oxygen atoms in total. The van der Waals surface area contributed by atoms with Gasteiger partial charge in [0.25, 0.3) is 0 Å². The van der Waals surface area contributed by atoms with Crippen molar-refractivity contribution in [3.63, 3.8) is 0 Å². The highest BCUT2D eigenvalue weighted by Crippen LogP contribution is 2.54. The summed E-state index contributed by atoms with van der Waals surface area (Å²) < 4.78 is 6.80. The topological polar surface area (TPSA) is 83.9 Å². The van der Waals surface area contributed by atoms with Crippen molar-refractivity contribution in [2.45, 2.75) is 72.3 Å². The molecule has 216 valence electrons. The highest BCUT2D eigenvalue weighted by Gasteiger charge is 2.49. The lowest BCUT2D eigenvalue weighted by Crippen LogP contribution is -2.45. The third-order valence-corrected chi connectivity index (χ3v) is 9.00. The lowest BCUT2D eigenvalue weighted by atomic mass is 9.63. The molecule has 1 heterocycles. The maximum Gasteiger partial charge on any atom is 0.305 e. The number of carboxylic acid groups (broad SMARTS) is 1. The van der Waals surface area contributed by atoms with E-state index in [9.17, 15) is 19.5 Å². The molecule has 2 aromatic carbocycles. The molecule has 0 unspecified atom stereocenters.